The van der Waals surface area contributed by atoms with Gasteiger partial charge in [-0.15, -0.1) is 0 Å². The Balaban J connectivity index is 2.02. The van der Waals surface area contributed by atoms with Crippen molar-refractivity contribution >= 4 is 5.82 Å². The highest BCUT2D eigenvalue weighted by molar-refractivity contribution is 5.43. The van der Waals surface area contributed by atoms with Crippen LogP contribution in [0, 0.1) is 18.8 Å². The number of anilines is 1. The lowest BCUT2D eigenvalue weighted by molar-refractivity contribution is 0.276. The maximum absolute atomic E-state index is 4.41. The molecular formula is C14H22N2. The molecule has 2 nitrogen and oxygen atoms in total. The van der Waals surface area contributed by atoms with Crippen molar-refractivity contribution in [2.75, 3.05) is 5.32 Å². The maximum atomic E-state index is 4.41. The van der Waals surface area contributed by atoms with E-state index >= 15 is 0 Å². The second-order valence-corrected chi connectivity index (χ2v) is 5.32. The normalized spacial score (nSPS) is 30.1. The van der Waals surface area contributed by atoms with Gasteiger partial charge in [0, 0.05) is 12.2 Å². The van der Waals surface area contributed by atoms with Crippen LogP contribution in [0.1, 0.15) is 38.7 Å². The van der Waals surface area contributed by atoms with E-state index in [0.29, 0.717) is 6.04 Å². The lowest BCUT2D eigenvalue weighted by atomic mass is 9.80. The molecule has 0 aliphatic heterocycles. The Hall–Kier alpha value is -1.05. The fraction of sp³-hybridized carbons (Fsp3) is 0.643. The number of aromatic nitrogens is 1. The van der Waals surface area contributed by atoms with Gasteiger partial charge in [-0.3, -0.25) is 0 Å². The number of nitrogens with zero attached hydrogens (tertiary/aromatic N) is 1. The van der Waals surface area contributed by atoms with E-state index in [9.17, 15) is 0 Å². The molecule has 2 rings (SSSR count). The van der Waals surface area contributed by atoms with E-state index in [-0.39, 0.29) is 0 Å². The predicted molar refractivity (Wildman–Crippen MR) is 68.6 cm³/mol. The monoisotopic (exact) mass is 218 g/mol. The molecule has 3 atom stereocenters. The zero-order chi connectivity index (χ0) is 11.5. The first kappa shape index (κ1) is 11.4. The molecule has 1 aliphatic carbocycles. The van der Waals surface area contributed by atoms with Crippen LogP contribution in [-0.2, 0) is 0 Å². The van der Waals surface area contributed by atoms with Gasteiger partial charge in [0.1, 0.15) is 5.82 Å². The molecule has 0 amide bonds. The SMILES string of the molecule is Cc1cccnc1NC1CCC(C)CC1C. The van der Waals surface area contributed by atoms with Crippen LogP contribution in [0.4, 0.5) is 5.82 Å². The van der Waals surface area contributed by atoms with Gasteiger partial charge in [-0.2, -0.15) is 0 Å². The van der Waals surface area contributed by atoms with Crippen molar-refractivity contribution < 1.29 is 0 Å². The van der Waals surface area contributed by atoms with Gasteiger partial charge in [0.2, 0.25) is 0 Å². The summed E-state index contributed by atoms with van der Waals surface area (Å²) in [4.78, 5) is 4.41. The van der Waals surface area contributed by atoms with Gasteiger partial charge < -0.3 is 5.32 Å². The summed E-state index contributed by atoms with van der Waals surface area (Å²) < 4.78 is 0. The average molecular weight is 218 g/mol. The van der Waals surface area contributed by atoms with E-state index in [1.54, 1.807) is 0 Å². The number of hydrogen-bond donors (Lipinski definition) is 1. The first-order valence-corrected chi connectivity index (χ1v) is 6.35. The molecule has 0 spiro atoms. The first-order valence-electron chi connectivity index (χ1n) is 6.35. The second-order valence-electron chi connectivity index (χ2n) is 5.32. The number of rotatable bonds is 2. The lowest BCUT2D eigenvalue weighted by Crippen LogP contribution is -2.33. The molecule has 1 aliphatic rings. The van der Waals surface area contributed by atoms with Crippen LogP contribution in [0.25, 0.3) is 0 Å². The summed E-state index contributed by atoms with van der Waals surface area (Å²) in [5.41, 5.74) is 1.24. The van der Waals surface area contributed by atoms with Crippen LogP contribution in [0.2, 0.25) is 0 Å². The molecule has 1 aromatic rings. The van der Waals surface area contributed by atoms with Gasteiger partial charge in [-0.05, 0) is 49.7 Å². The highest BCUT2D eigenvalue weighted by atomic mass is 15.0. The quantitative estimate of drug-likeness (QED) is 0.820. The fourth-order valence-corrected chi connectivity index (χ4v) is 2.69. The zero-order valence-electron chi connectivity index (χ0n) is 10.5. The maximum Gasteiger partial charge on any atom is 0.129 e. The molecule has 2 heteroatoms. The summed E-state index contributed by atoms with van der Waals surface area (Å²) in [5, 5.41) is 3.61. The molecule has 1 N–H and O–H groups in total. The van der Waals surface area contributed by atoms with Crippen LogP contribution >= 0.6 is 0 Å². The predicted octanol–water partition coefficient (Wildman–Crippen LogP) is 3.63. The Bertz CT molecular complexity index is 348. The molecule has 0 saturated heterocycles. The summed E-state index contributed by atoms with van der Waals surface area (Å²) in [7, 11) is 0. The van der Waals surface area contributed by atoms with Crippen LogP contribution in [0.3, 0.4) is 0 Å². The molecule has 16 heavy (non-hydrogen) atoms. The smallest absolute Gasteiger partial charge is 0.129 e. The molecule has 88 valence electrons. The molecular weight excluding hydrogens is 196 g/mol. The molecule has 3 unspecified atom stereocenters. The van der Waals surface area contributed by atoms with Crippen molar-refractivity contribution in [1.82, 2.24) is 4.98 Å². The lowest BCUT2D eigenvalue weighted by Gasteiger charge is -2.33. The minimum atomic E-state index is 0.602. The highest BCUT2D eigenvalue weighted by Crippen LogP contribution is 2.30. The Morgan fingerprint density at radius 2 is 2.12 bits per heavy atom. The Morgan fingerprint density at radius 1 is 1.31 bits per heavy atom. The standard InChI is InChI=1S/C14H22N2/c1-10-6-7-13(12(3)9-10)16-14-11(2)5-4-8-15-14/h4-5,8,10,12-13H,6-7,9H2,1-3H3,(H,15,16). The van der Waals surface area contributed by atoms with Gasteiger partial charge in [-0.25, -0.2) is 4.98 Å². The summed E-state index contributed by atoms with van der Waals surface area (Å²) >= 11 is 0. The first-order chi connectivity index (χ1) is 7.66. The molecule has 1 aromatic heterocycles. The van der Waals surface area contributed by atoms with Crippen molar-refractivity contribution in [3.63, 3.8) is 0 Å². The van der Waals surface area contributed by atoms with Crippen molar-refractivity contribution in [1.29, 1.82) is 0 Å². The largest absolute Gasteiger partial charge is 0.367 e. The summed E-state index contributed by atoms with van der Waals surface area (Å²) in [6.07, 6.45) is 5.82. The number of hydrogen-bond acceptors (Lipinski definition) is 2. The van der Waals surface area contributed by atoms with Crippen molar-refractivity contribution in [3.8, 4) is 0 Å². The topological polar surface area (TPSA) is 24.9 Å². The third-order valence-electron chi connectivity index (χ3n) is 3.76. The molecule has 1 saturated carbocycles. The van der Waals surface area contributed by atoms with Crippen molar-refractivity contribution in [2.24, 2.45) is 11.8 Å². The minimum Gasteiger partial charge on any atom is -0.367 e. The van der Waals surface area contributed by atoms with Crippen LogP contribution in [0.15, 0.2) is 18.3 Å². The van der Waals surface area contributed by atoms with E-state index in [0.717, 1.165) is 17.7 Å². The van der Waals surface area contributed by atoms with E-state index in [1.165, 1.54) is 24.8 Å². The Labute approximate surface area is 98.5 Å². The average Bonchev–Trinajstić information content (AvgIpc) is 2.25. The fourth-order valence-electron chi connectivity index (χ4n) is 2.69. The van der Waals surface area contributed by atoms with E-state index in [2.05, 4.69) is 37.1 Å². The van der Waals surface area contributed by atoms with Gasteiger partial charge >= 0.3 is 0 Å². The Morgan fingerprint density at radius 3 is 2.81 bits per heavy atom. The van der Waals surface area contributed by atoms with Crippen LogP contribution < -0.4 is 5.32 Å². The van der Waals surface area contributed by atoms with E-state index < -0.39 is 0 Å². The van der Waals surface area contributed by atoms with E-state index in [1.807, 2.05) is 12.3 Å². The van der Waals surface area contributed by atoms with Gasteiger partial charge in [-0.1, -0.05) is 19.9 Å². The number of nitrogens with one attached hydrogen (secondary N) is 1. The highest BCUT2D eigenvalue weighted by Gasteiger charge is 2.25. The van der Waals surface area contributed by atoms with E-state index in [4.69, 9.17) is 0 Å². The molecule has 1 fully saturated rings. The Kier molecular flexibility index (Phi) is 3.47. The molecule has 1 heterocycles. The third kappa shape index (κ3) is 2.55. The number of aryl methyl sites for hydroxylation is 1. The molecule has 0 radical (unpaired) electrons. The second kappa shape index (κ2) is 4.86. The van der Waals surface area contributed by atoms with Gasteiger partial charge in [0.05, 0.1) is 0 Å². The molecule has 0 aromatic carbocycles. The third-order valence-corrected chi connectivity index (χ3v) is 3.76. The van der Waals surface area contributed by atoms with Gasteiger partial charge in [0.15, 0.2) is 0 Å². The number of pyridine rings is 1. The minimum absolute atomic E-state index is 0.602. The van der Waals surface area contributed by atoms with Crippen LogP contribution in [-0.4, -0.2) is 11.0 Å². The zero-order valence-corrected chi connectivity index (χ0v) is 10.5. The molecule has 0 bridgehead atoms. The summed E-state index contributed by atoms with van der Waals surface area (Å²) in [5.74, 6) is 2.71. The summed E-state index contributed by atoms with van der Waals surface area (Å²) in [6, 6.07) is 4.71. The van der Waals surface area contributed by atoms with Crippen molar-refractivity contribution in [3.05, 3.63) is 23.9 Å². The van der Waals surface area contributed by atoms with Crippen molar-refractivity contribution in [2.45, 2.75) is 46.1 Å². The summed E-state index contributed by atoms with van der Waals surface area (Å²) in [6.45, 7) is 6.83. The van der Waals surface area contributed by atoms with Crippen LogP contribution in [0.5, 0.6) is 0 Å². The van der Waals surface area contributed by atoms with Gasteiger partial charge in [0.25, 0.3) is 0 Å².